The predicted octanol–water partition coefficient (Wildman–Crippen LogP) is 1.39. The van der Waals surface area contributed by atoms with E-state index in [1.54, 1.807) is 0 Å². The van der Waals surface area contributed by atoms with E-state index in [1.807, 2.05) is 10.9 Å². The minimum absolute atomic E-state index is 0.198. The Bertz CT molecular complexity index is 528. The molecule has 0 saturated carbocycles. The molecule has 0 spiro atoms. The average molecular weight is 293 g/mol. The standard InChI is InChI=1S/C15H23N3O3/c1-11(2)18-7-12(5-16-18)6-17-8-13-3-4-21-10-15(13,9-17)14(19)20/h5,7,11,13H,3-4,6,8-10H2,1-2H3,(H,19,20)/t13-,15+/m0/s1. The zero-order valence-corrected chi connectivity index (χ0v) is 12.7. The van der Waals surface area contributed by atoms with Gasteiger partial charge in [0.2, 0.25) is 0 Å². The topological polar surface area (TPSA) is 67.6 Å². The summed E-state index contributed by atoms with van der Waals surface area (Å²) in [6.07, 6.45) is 4.77. The first kappa shape index (κ1) is 14.5. The van der Waals surface area contributed by atoms with Gasteiger partial charge in [-0.2, -0.15) is 5.10 Å². The van der Waals surface area contributed by atoms with Crippen LogP contribution in [0, 0.1) is 11.3 Å². The average Bonchev–Trinajstić information content (AvgIpc) is 3.03. The third-order valence-corrected chi connectivity index (χ3v) is 4.75. The lowest BCUT2D eigenvalue weighted by Crippen LogP contribution is -2.46. The first-order valence-electron chi connectivity index (χ1n) is 7.58. The molecule has 0 bridgehead atoms. The van der Waals surface area contributed by atoms with Crippen LogP contribution in [0.4, 0.5) is 0 Å². The van der Waals surface area contributed by atoms with Crippen LogP contribution in [0.2, 0.25) is 0 Å². The molecule has 1 N–H and O–H groups in total. The van der Waals surface area contributed by atoms with Gasteiger partial charge >= 0.3 is 5.97 Å². The summed E-state index contributed by atoms with van der Waals surface area (Å²) in [5.74, 6) is -0.517. The summed E-state index contributed by atoms with van der Waals surface area (Å²) < 4.78 is 7.40. The fourth-order valence-corrected chi connectivity index (χ4v) is 3.51. The molecule has 2 fully saturated rings. The van der Waals surface area contributed by atoms with Crippen molar-refractivity contribution >= 4 is 5.97 Å². The highest BCUT2D eigenvalue weighted by Gasteiger charge is 2.53. The van der Waals surface area contributed by atoms with Crippen molar-refractivity contribution in [3.05, 3.63) is 18.0 Å². The van der Waals surface area contributed by atoms with Gasteiger partial charge in [-0.25, -0.2) is 0 Å². The highest BCUT2D eigenvalue weighted by atomic mass is 16.5. The number of rotatable bonds is 4. The number of hydrogen-bond donors (Lipinski definition) is 1. The summed E-state index contributed by atoms with van der Waals surface area (Å²) in [5.41, 5.74) is 0.426. The van der Waals surface area contributed by atoms with Crippen LogP contribution in [0.1, 0.15) is 31.9 Å². The second-order valence-corrected chi connectivity index (χ2v) is 6.59. The Morgan fingerprint density at radius 1 is 1.62 bits per heavy atom. The quantitative estimate of drug-likeness (QED) is 0.908. The largest absolute Gasteiger partial charge is 0.481 e. The summed E-state index contributed by atoms with van der Waals surface area (Å²) in [5, 5.41) is 14.0. The molecular weight excluding hydrogens is 270 g/mol. The number of carbonyl (C=O) groups is 1. The zero-order chi connectivity index (χ0) is 15.0. The third kappa shape index (κ3) is 2.58. The maximum absolute atomic E-state index is 11.7. The van der Waals surface area contributed by atoms with E-state index in [0.29, 0.717) is 25.8 Å². The molecule has 1 aromatic heterocycles. The van der Waals surface area contributed by atoms with Crippen molar-refractivity contribution in [3.63, 3.8) is 0 Å². The van der Waals surface area contributed by atoms with E-state index >= 15 is 0 Å². The molecular formula is C15H23N3O3. The summed E-state index contributed by atoms with van der Waals surface area (Å²) in [4.78, 5) is 14.0. The van der Waals surface area contributed by atoms with E-state index in [4.69, 9.17) is 4.74 Å². The highest BCUT2D eigenvalue weighted by molar-refractivity contribution is 5.76. The molecule has 2 aliphatic heterocycles. The minimum Gasteiger partial charge on any atom is -0.481 e. The van der Waals surface area contributed by atoms with Crippen molar-refractivity contribution in [2.75, 3.05) is 26.3 Å². The molecule has 6 heteroatoms. The molecule has 0 aliphatic carbocycles. The number of aromatic nitrogens is 2. The Kier molecular flexibility index (Phi) is 3.75. The van der Waals surface area contributed by atoms with Crippen LogP contribution in [-0.4, -0.2) is 52.1 Å². The minimum atomic E-state index is -0.716. The van der Waals surface area contributed by atoms with Gasteiger partial charge in [0.15, 0.2) is 0 Å². The van der Waals surface area contributed by atoms with Crippen molar-refractivity contribution in [1.29, 1.82) is 0 Å². The lowest BCUT2D eigenvalue weighted by Gasteiger charge is -2.34. The number of carboxylic acid groups (broad SMARTS) is 1. The third-order valence-electron chi connectivity index (χ3n) is 4.75. The number of hydrogen-bond acceptors (Lipinski definition) is 4. The molecule has 2 atom stereocenters. The molecule has 0 radical (unpaired) electrons. The second-order valence-electron chi connectivity index (χ2n) is 6.59. The summed E-state index contributed by atoms with van der Waals surface area (Å²) in [6, 6.07) is 0.346. The van der Waals surface area contributed by atoms with Crippen LogP contribution in [0.5, 0.6) is 0 Å². The van der Waals surface area contributed by atoms with Crippen LogP contribution in [0.25, 0.3) is 0 Å². The van der Waals surface area contributed by atoms with Crippen LogP contribution in [0.15, 0.2) is 12.4 Å². The number of ether oxygens (including phenoxy) is 1. The van der Waals surface area contributed by atoms with E-state index in [2.05, 4.69) is 30.0 Å². The highest BCUT2D eigenvalue weighted by Crippen LogP contribution is 2.42. The molecule has 0 unspecified atom stereocenters. The van der Waals surface area contributed by atoms with Crippen molar-refractivity contribution < 1.29 is 14.6 Å². The van der Waals surface area contributed by atoms with Crippen molar-refractivity contribution in [3.8, 4) is 0 Å². The normalized spacial score (nSPS) is 29.8. The first-order chi connectivity index (χ1) is 10.0. The Morgan fingerprint density at radius 2 is 2.43 bits per heavy atom. The Hall–Kier alpha value is -1.40. The van der Waals surface area contributed by atoms with Gasteiger partial charge in [0.05, 0.1) is 12.8 Å². The summed E-state index contributed by atoms with van der Waals surface area (Å²) >= 11 is 0. The van der Waals surface area contributed by atoms with Crippen molar-refractivity contribution in [2.24, 2.45) is 11.3 Å². The van der Waals surface area contributed by atoms with Gasteiger partial charge in [0.1, 0.15) is 5.41 Å². The van der Waals surface area contributed by atoms with Crippen LogP contribution in [-0.2, 0) is 16.1 Å². The number of likely N-dealkylation sites (tertiary alicyclic amines) is 1. The van der Waals surface area contributed by atoms with E-state index in [0.717, 1.165) is 25.1 Å². The van der Waals surface area contributed by atoms with Gasteiger partial charge in [-0.05, 0) is 26.2 Å². The molecule has 2 saturated heterocycles. The molecule has 2 aliphatic rings. The van der Waals surface area contributed by atoms with Crippen molar-refractivity contribution in [1.82, 2.24) is 14.7 Å². The van der Waals surface area contributed by atoms with Crippen molar-refractivity contribution in [2.45, 2.75) is 32.9 Å². The Balaban J connectivity index is 1.71. The summed E-state index contributed by atoms with van der Waals surface area (Å²) in [6.45, 7) is 7.38. The lowest BCUT2D eigenvalue weighted by molar-refractivity contribution is -0.159. The van der Waals surface area contributed by atoms with E-state index in [9.17, 15) is 9.90 Å². The molecule has 116 valence electrons. The summed E-state index contributed by atoms with van der Waals surface area (Å²) in [7, 11) is 0. The number of fused-ring (bicyclic) bond motifs is 1. The molecule has 1 aromatic rings. The van der Waals surface area contributed by atoms with Crippen LogP contribution in [0.3, 0.4) is 0 Å². The maximum atomic E-state index is 11.7. The second kappa shape index (κ2) is 5.42. The van der Waals surface area contributed by atoms with E-state index < -0.39 is 11.4 Å². The van der Waals surface area contributed by atoms with Crippen LogP contribution >= 0.6 is 0 Å². The van der Waals surface area contributed by atoms with Crippen LogP contribution < -0.4 is 0 Å². The number of aliphatic carboxylic acids is 1. The molecule has 6 nitrogen and oxygen atoms in total. The zero-order valence-electron chi connectivity index (χ0n) is 12.7. The van der Waals surface area contributed by atoms with Gasteiger partial charge < -0.3 is 9.84 Å². The van der Waals surface area contributed by atoms with Gasteiger partial charge in [0, 0.05) is 44.0 Å². The SMILES string of the molecule is CC(C)n1cc(CN2C[C@@H]3CCOC[C@]3(C(=O)O)C2)cn1. The molecule has 0 aromatic carbocycles. The lowest BCUT2D eigenvalue weighted by atomic mass is 9.76. The molecule has 21 heavy (non-hydrogen) atoms. The predicted molar refractivity (Wildman–Crippen MR) is 76.9 cm³/mol. The molecule has 3 heterocycles. The number of nitrogens with zero attached hydrogens (tertiary/aromatic N) is 3. The first-order valence-corrected chi connectivity index (χ1v) is 7.58. The van der Waals surface area contributed by atoms with E-state index in [-0.39, 0.29) is 5.92 Å². The molecule has 0 amide bonds. The fourth-order valence-electron chi connectivity index (χ4n) is 3.51. The van der Waals surface area contributed by atoms with Gasteiger partial charge in [-0.3, -0.25) is 14.4 Å². The van der Waals surface area contributed by atoms with Gasteiger partial charge in [-0.1, -0.05) is 0 Å². The Morgan fingerprint density at radius 3 is 3.05 bits per heavy atom. The Labute approximate surface area is 124 Å². The van der Waals surface area contributed by atoms with E-state index in [1.165, 1.54) is 0 Å². The smallest absolute Gasteiger partial charge is 0.313 e. The fraction of sp³-hybridized carbons (Fsp3) is 0.733. The maximum Gasteiger partial charge on any atom is 0.313 e. The monoisotopic (exact) mass is 293 g/mol. The molecule has 3 rings (SSSR count). The van der Waals surface area contributed by atoms with Gasteiger partial charge in [0.25, 0.3) is 0 Å². The number of carboxylic acids is 1. The van der Waals surface area contributed by atoms with Gasteiger partial charge in [-0.15, -0.1) is 0 Å².